The summed E-state index contributed by atoms with van der Waals surface area (Å²) in [6.45, 7) is 0. The number of amides is 1. The Morgan fingerprint density at radius 1 is 1.06 bits per heavy atom. The van der Waals surface area contributed by atoms with Gasteiger partial charge in [0, 0.05) is 18.5 Å². The number of hydrogen-bond acceptors (Lipinski definition) is 4. The van der Waals surface area contributed by atoms with Gasteiger partial charge in [0.25, 0.3) is 0 Å². The van der Waals surface area contributed by atoms with Gasteiger partial charge >= 0.3 is 5.97 Å². The molecule has 0 unspecified atom stereocenters. The Bertz CT molecular complexity index is 404. The van der Waals surface area contributed by atoms with Crippen LogP contribution in [-0.4, -0.2) is 22.8 Å². The zero-order chi connectivity index (χ0) is 14.0. The average Bonchev–Trinajstić information content (AvgIpc) is 2.30. The Labute approximate surface area is 105 Å². The second-order valence-corrected chi connectivity index (χ2v) is 3.46. The Morgan fingerprint density at radius 2 is 1.61 bits per heavy atom. The molecule has 0 atom stereocenters. The average molecular weight is 252 g/mol. The summed E-state index contributed by atoms with van der Waals surface area (Å²) in [7, 11) is 0. The topological polar surface area (TPSA) is 123 Å². The van der Waals surface area contributed by atoms with Crippen molar-refractivity contribution in [3.63, 3.8) is 0 Å². The number of carboxylic acids is 1. The highest BCUT2D eigenvalue weighted by Gasteiger charge is 2.10. The maximum Gasteiger partial charge on any atom is 0.372 e. The number of hydrogen-bond donors (Lipinski definition) is 3. The number of nitrogens with two attached hydrogens (primary N) is 2. The number of nitrogen functional groups attached to an aromatic ring is 1. The van der Waals surface area contributed by atoms with Crippen molar-refractivity contribution in [2.24, 2.45) is 5.73 Å². The van der Waals surface area contributed by atoms with E-state index in [1.807, 2.05) is 30.3 Å². The van der Waals surface area contributed by atoms with Crippen LogP contribution in [0.3, 0.4) is 0 Å². The Hall–Kier alpha value is -2.37. The Morgan fingerprint density at radius 3 is 1.94 bits per heavy atom. The lowest BCUT2D eigenvalue weighted by atomic mass is 10.2. The number of anilines is 1. The lowest BCUT2D eigenvalue weighted by Crippen LogP contribution is -2.14. The van der Waals surface area contributed by atoms with Crippen LogP contribution in [0.25, 0.3) is 0 Å². The zero-order valence-electron chi connectivity index (χ0n) is 9.83. The first-order valence-electron chi connectivity index (χ1n) is 5.28. The lowest BCUT2D eigenvalue weighted by molar-refractivity contribution is -0.149. The van der Waals surface area contributed by atoms with E-state index in [-0.39, 0.29) is 19.3 Å². The van der Waals surface area contributed by atoms with E-state index in [1.54, 1.807) is 0 Å². The highest BCUT2D eigenvalue weighted by molar-refractivity contribution is 6.32. The minimum absolute atomic E-state index is 0.0546. The summed E-state index contributed by atoms with van der Waals surface area (Å²) in [6.07, 6.45) is 0.137. The quantitative estimate of drug-likeness (QED) is 0.522. The van der Waals surface area contributed by atoms with Crippen molar-refractivity contribution in [1.82, 2.24) is 0 Å². The van der Waals surface area contributed by atoms with Crippen molar-refractivity contribution < 1.29 is 19.5 Å². The number of aliphatic carboxylic acids is 1. The van der Waals surface area contributed by atoms with E-state index < -0.39 is 17.7 Å². The van der Waals surface area contributed by atoms with E-state index in [9.17, 15) is 14.4 Å². The molecule has 0 aromatic heterocycles. The molecule has 98 valence electrons. The number of Topliss-reactive ketones (excluding diaryl/α,β-unsaturated/α-hetero) is 1. The van der Waals surface area contributed by atoms with Crippen molar-refractivity contribution in [3.05, 3.63) is 30.3 Å². The molecule has 1 aromatic carbocycles. The number of rotatable bonds is 5. The van der Waals surface area contributed by atoms with Crippen LogP contribution in [0.2, 0.25) is 0 Å². The highest BCUT2D eigenvalue weighted by atomic mass is 16.4. The molecule has 0 heterocycles. The molecular weight excluding hydrogens is 236 g/mol. The summed E-state index contributed by atoms with van der Waals surface area (Å²) in [5.41, 5.74) is 10.9. The molecule has 0 aliphatic rings. The molecule has 6 heteroatoms. The molecule has 1 aromatic rings. The number of carbonyl (C=O) groups excluding carboxylic acids is 2. The van der Waals surface area contributed by atoms with Gasteiger partial charge in [0.2, 0.25) is 11.7 Å². The molecular formula is C12H16N2O4. The van der Waals surface area contributed by atoms with Gasteiger partial charge in [0.15, 0.2) is 0 Å². The van der Waals surface area contributed by atoms with Crippen LogP contribution in [0, 0.1) is 0 Å². The Kier molecular flexibility index (Phi) is 7.59. The van der Waals surface area contributed by atoms with Crippen LogP contribution in [0.5, 0.6) is 0 Å². The molecule has 0 fully saturated rings. The fourth-order valence-corrected chi connectivity index (χ4v) is 0.983. The normalized spacial score (nSPS) is 8.89. The smallest absolute Gasteiger partial charge is 0.372 e. The minimum Gasteiger partial charge on any atom is -0.476 e. The molecule has 0 saturated heterocycles. The molecule has 0 radical (unpaired) electrons. The fourth-order valence-electron chi connectivity index (χ4n) is 0.983. The summed E-state index contributed by atoms with van der Waals surface area (Å²) in [4.78, 5) is 30.4. The van der Waals surface area contributed by atoms with Gasteiger partial charge in [-0.3, -0.25) is 9.59 Å². The van der Waals surface area contributed by atoms with Gasteiger partial charge in [-0.15, -0.1) is 0 Å². The predicted octanol–water partition coefficient (Wildman–Crippen LogP) is 0.564. The van der Waals surface area contributed by atoms with Gasteiger partial charge < -0.3 is 16.6 Å². The van der Waals surface area contributed by atoms with Gasteiger partial charge in [-0.25, -0.2) is 4.79 Å². The molecule has 1 rings (SSSR count). The molecule has 1 amide bonds. The molecule has 0 spiro atoms. The fraction of sp³-hybridized carbons (Fsp3) is 0.250. The second-order valence-electron chi connectivity index (χ2n) is 3.46. The standard InChI is InChI=1S/C6H9NO4.C6H7N/c7-5(9)3-1-2-4(8)6(10)11;7-6-4-2-1-3-5-6/h1-3H2,(H2,7,9)(H,10,11);1-5H,7H2. The van der Waals surface area contributed by atoms with E-state index in [0.717, 1.165) is 5.69 Å². The van der Waals surface area contributed by atoms with Gasteiger partial charge in [0.05, 0.1) is 0 Å². The van der Waals surface area contributed by atoms with Gasteiger partial charge in [-0.05, 0) is 18.6 Å². The third-order valence-corrected chi connectivity index (χ3v) is 1.87. The molecule has 5 N–H and O–H groups in total. The summed E-state index contributed by atoms with van der Waals surface area (Å²) in [5, 5.41) is 8.08. The van der Waals surface area contributed by atoms with Crippen molar-refractivity contribution in [3.8, 4) is 0 Å². The van der Waals surface area contributed by atoms with E-state index in [1.165, 1.54) is 0 Å². The van der Waals surface area contributed by atoms with Crippen LogP contribution < -0.4 is 11.5 Å². The maximum absolute atomic E-state index is 10.4. The zero-order valence-corrected chi connectivity index (χ0v) is 9.83. The second kappa shape index (κ2) is 8.74. The van der Waals surface area contributed by atoms with Crippen molar-refractivity contribution in [2.45, 2.75) is 19.3 Å². The van der Waals surface area contributed by atoms with Crippen molar-refractivity contribution in [1.29, 1.82) is 0 Å². The molecule has 0 aliphatic heterocycles. The number of carboxylic acid groups (broad SMARTS) is 1. The van der Waals surface area contributed by atoms with Crippen LogP contribution in [0.15, 0.2) is 30.3 Å². The number of ketones is 1. The van der Waals surface area contributed by atoms with Crippen LogP contribution >= 0.6 is 0 Å². The van der Waals surface area contributed by atoms with Crippen molar-refractivity contribution >= 4 is 23.3 Å². The first kappa shape index (κ1) is 15.6. The van der Waals surface area contributed by atoms with E-state index in [0.29, 0.717) is 0 Å². The van der Waals surface area contributed by atoms with Crippen molar-refractivity contribution in [2.75, 3.05) is 5.73 Å². The molecule has 6 nitrogen and oxygen atoms in total. The number of primary amides is 1. The predicted molar refractivity (Wildman–Crippen MR) is 66.5 cm³/mol. The molecule has 0 bridgehead atoms. The highest BCUT2D eigenvalue weighted by Crippen LogP contribution is 1.96. The SMILES string of the molecule is NC(=O)CCCC(=O)C(=O)O.Nc1ccccc1. The molecule has 18 heavy (non-hydrogen) atoms. The summed E-state index contributed by atoms with van der Waals surface area (Å²) >= 11 is 0. The maximum atomic E-state index is 10.4. The minimum atomic E-state index is -1.46. The molecule has 0 saturated carbocycles. The van der Waals surface area contributed by atoms with Gasteiger partial charge in [-0.2, -0.15) is 0 Å². The monoisotopic (exact) mass is 252 g/mol. The third-order valence-electron chi connectivity index (χ3n) is 1.87. The summed E-state index contributed by atoms with van der Waals surface area (Å²) in [6, 6.07) is 9.49. The van der Waals surface area contributed by atoms with E-state index in [4.69, 9.17) is 16.6 Å². The summed E-state index contributed by atoms with van der Waals surface area (Å²) in [5.74, 6) is -2.87. The largest absolute Gasteiger partial charge is 0.476 e. The van der Waals surface area contributed by atoms with Gasteiger partial charge in [0.1, 0.15) is 0 Å². The van der Waals surface area contributed by atoms with E-state index >= 15 is 0 Å². The Balaban J connectivity index is 0.000000351. The van der Waals surface area contributed by atoms with Crippen LogP contribution in [0.4, 0.5) is 5.69 Å². The van der Waals surface area contributed by atoms with Crippen LogP contribution in [-0.2, 0) is 14.4 Å². The van der Waals surface area contributed by atoms with Gasteiger partial charge in [-0.1, -0.05) is 18.2 Å². The van der Waals surface area contributed by atoms with E-state index in [2.05, 4.69) is 0 Å². The lowest BCUT2D eigenvalue weighted by Gasteiger charge is -1.92. The summed E-state index contributed by atoms with van der Waals surface area (Å²) < 4.78 is 0. The van der Waals surface area contributed by atoms with Crippen LogP contribution in [0.1, 0.15) is 19.3 Å². The number of carbonyl (C=O) groups is 3. The first-order valence-corrected chi connectivity index (χ1v) is 5.28. The number of benzene rings is 1. The first-order chi connectivity index (χ1) is 8.43. The third kappa shape index (κ3) is 8.90. The number of para-hydroxylation sites is 1. The molecule has 0 aliphatic carbocycles.